The first kappa shape index (κ1) is 18.7. The van der Waals surface area contributed by atoms with Gasteiger partial charge in [0.05, 0.1) is 13.5 Å². The predicted octanol–water partition coefficient (Wildman–Crippen LogP) is 4.63. The molecule has 0 saturated heterocycles. The standard InChI is InChI=1S/C21H30O3/c1-15-10-16(2)19(17(3)11-15)12-18(22)13-21(14-20(23)24-4)8-6-5-7-9-21/h10-11H,5-9,12-14H2,1-4H3. The molecular weight excluding hydrogens is 300 g/mol. The Hall–Kier alpha value is -1.64. The molecule has 3 heteroatoms. The average molecular weight is 330 g/mol. The maximum absolute atomic E-state index is 12.8. The first-order valence-corrected chi connectivity index (χ1v) is 9.00. The molecule has 132 valence electrons. The fraction of sp³-hybridized carbons (Fsp3) is 0.619. The zero-order chi connectivity index (χ0) is 17.7. The number of benzene rings is 1. The van der Waals surface area contributed by atoms with E-state index in [0.29, 0.717) is 19.3 Å². The number of Topliss-reactive ketones (excluding diaryl/α,β-unsaturated/α-hetero) is 1. The van der Waals surface area contributed by atoms with Gasteiger partial charge in [0.25, 0.3) is 0 Å². The van der Waals surface area contributed by atoms with Crippen LogP contribution in [0, 0.1) is 26.2 Å². The van der Waals surface area contributed by atoms with Crippen molar-refractivity contribution in [3.63, 3.8) is 0 Å². The van der Waals surface area contributed by atoms with E-state index in [1.807, 2.05) is 0 Å². The molecule has 1 aromatic carbocycles. The summed E-state index contributed by atoms with van der Waals surface area (Å²) in [5, 5.41) is 0. The van der Waals surface area contributed by atoms with Crippen molar-refractivity contribution in [3.8, 4) is 0 Å². The maximum atomic E-state index is 12.8. The highest BCUT2D eigenvalue weighted by molar-refractivity contribution is 5.83. The van der Waals surface area contributed by atoms with Crippen molar-refractivity contribution in [2.45, 2.75) is 72.1 Å². The smallest absolute Gasteiger partial charge is 0.306 e. The van der Waals surface area contributed by atoms with E-state index in [1.54, 1.807) is 0 Å². The molecule has 1 saturated carbocycles. The van der Waals surface area contributed by atoms with Gasteiger partial charge in [-0.2, -0.15) is 0 Å². The Bertz CT molecular complexity index is 587. The maximum Gasteiger partial charge on any atom is 0.306 e. The van der Waals surface area contributed by atoms with Gasteiger partial charge in [0.15, 0.2) is 0 Å². The summed E-state index contributed by atoms with van der Waals surface area (Å²) in [6, 6.07) is 4.28. The van der Waals surface area contributed by atoms with Crippen molar-refractivity contribution >= 4 is 11.8 Å². The Morgan fingerprint density at radius 2 is 1.58 bits per heavy atom. The van der Waals surface area contributed by atoms with Crippen LogP contribution in [0.25, 0.3) is 0 Å². The van der Waals surface area contributed by atoms with Crippen molar-refractivity contribution in [3.05, 3.63) is 34.4 Å². The van der Waals surface area contributed by atoms with E-state index in [9.17, 15) is 9.59 Å². The highest BCUT2D eigenvalue weighted by Gasteiger charge is 2.36. The summed E-state index contributed by atoms with van der Waals surface area (Å²) in [6.07, 6.45) is 6.67. The highest BCUT2D eigenvalue weighted by Crippen LogP contribution is 2.43. The second kappa shape index (κ2) is 7.96. The first-order valence-electron chi connectivity index (χ1n) is 9.00. The zero-order valence-electron chi connectivity index (χ0n) is 15.5. The number of carbonyl (C=O) groups is 2. The molecule has 0 atom stereocenters. The Morgan fingerprint density at radius 1 is 1.00 bits per heavy atom. The number of rotatable bonds is 6. The van der Waals surface area contributed by atoms with Crippen LogP contribution < -0.4 is 0 Å². The van der Waals surface area contributed by atoms with E-state index in [1.165, 1.54) is 30.2 Å². The van der Waals surface area contributed by atoms with Crippen molar-refractivity contribution in [1.82, 2.24) is 0 Å². The number of ketones is 1. The molecule has 0 bridgehead atoms. The average Bonchev–Trinajstić information content (AvgIpc) is 2.51. The van der Waals surface area contributed by atoms with Gasteiger partial charge < -0.3 is 4.74 Å². The fourth-order valence-electron chi connectivity index (χ4n) is 4.26. The van der Waals surface area contributed by atoms with Crippen molar-refractivity contribution in [2.24, 2.45) is 5.41 Å². The molecule has 2 rings (SSSR count). The molecule has 0 unspecified atom stereocenters. The van der Waals surface area contributed by atoms with Crippen LogP contribution in [-0.4, -0.2) is 18.9 Å². The van der Waals surface area contributed by atoms with E-state index in [2.05, 4.69) is 32.9 Å². The van der Waals surface area contributed by atoms with E-state index in [-0.39, 0.29) is 17.2 Å². The van der Waals surface area contributed by atoms with E-state index in [0.717, 1.165) is 31.2 Å². The van der Waals surface area contributed by atoms with Crippen LogP contribution in [0.15, 0.2) is 12.1 Å². The second-order valence-corrected chi connectivity index (χ2v) is 7.58. The summed E-state index contributed by atoms with van der Waals surface area (Å²) in [5.41, 5.74) is 4.57. The molecule has 0 radical (unpaired) electrons. The van der Waals surface area contributed by atoms with Gasteiger partial charge in [0.1, 0.15) is 5.78 Å². The molecule has 0 aromatic heterocycles. The van der Waals surface area contributed by atoms with Gasteiger partial charge >= 0.3 is 5.97 Å². The first-order chi connectivity index (χ1) is 11.3. The second-order valence-electron chi connectivity index (χ2n) is 7.58. The van der Waals surface area contributed by atoms with Crippen LogP contribution in [0.2, 0.25) is 0 Å². The lowest BCUT2D eigenvalue weighted by Crippen LogP contribution is -2.31. The number of esters is 1. The number of carbonyl (C=O) groups excluding carboxylic acids is 2. The summed E-state index contributed by atoms with van der Waals surface area (Å²) in [5.74, 6) is 0.0586. The van der Waals surface area contributed by atoms with Gasteiger partial charge in [-0.1, -0.05) is 37.0 Å². The van der Waals surface area contributed by atoms with Gasteiger partial charge in [-0.3, -0.25) is 9.59 Å². The Balaban J connectivity index is 2.12. The molecule has 24 heavy (non-hydrogen) atoms. The van der Waals surface area contributed by atoms with Gasteiger partial charge in [0, 0.05) is 12.8 Å². The summed E-state index contributed by atoms with van der Waals surface area (Å²) in [6.45, 7) is 6.24. The van der Waals surface area contributed by atoms with Crippen LogP contribution >= 0.6 is 0 Å². The highest BCUT2D eigenvalue weighted by atomic mass is 16.5. The molecule has 1 aromatic rings. The van der Waals surface area contributed by atoms with Gasteiger partial charge in [-0.25, -0.2) is 0 Å². The number of hydrogen-bond donors (Lipinski definition) is 0. The number of aryl methyl sites for hydroxylation is 3. The third-order valence-corrected chi connectivity index (χ3v) is 5.45. The van der Waals surface area contributed by atoms with Crippen molar-refractivity contribution in [1.29, 1.82) is 0 Å². The minimum Gasteiger partial charge on any atom is -0.469 e. The third-order valence-electron chi connectivity index (χ3n) is 5.45. The Morgan fingerprint density at radius 3 is 2.12 bits per heavy atom. The molecule has 3 nitrogen and oxygen atoms in total. The minimum absolute atomic E-state index is 0.186. The Kier molecular flexibility index (Phi) is 6.20. The lowest BCUT2D eigenvalue weighted by Gasteiger charge is -2.36. The molecule has 0 amide bonds. The SMILES string of the molecule is COC(=O)CC1(CC(=O)Cc2c(C)cc(C)cc2C)CCCCC1. The van der Waals surface area contributed by atoms with Gasteiger partial charge in [0.2, 0.25) is 0 Å². The lowest BCUT2D eigenvalue weighted by molar-refractivity contribution is -0.144. The molecule has 0 aliphatic heterocycles. The zero-order valence-corrected chi connectivity index (χ0v) is 15.5. The lowest BCUT2D eigenvalue weighted by atomic mass is 9.68. The summed E-state index contributed by atoms with van der Waals surface area (Å²) in [4.78, 5) is 24.6. The van der Waals surface area contributed by atoms with Gasteiger partial charge in [-0.15, -0.1) is 0 Å². The predicted molar refractivity (Wildman–Crippen MR) is 96.1 cm³/mol. The minimum atomic E-state index is -0.188. The summed E-state index contributed by atoms with van der Waals surface area (Å²) in [7, 11) is 1.43. The quantitative estimate of drug-likeness (QED) is 0.714. The van der Waals surface area contributed by atoms with Crippen LogP contribution in [0.5, 0.6) is 0 Å². The van der Waals surface area contributed by atoms with E-state index < -0.39 is 0 Å². The largest absolute Gasteiger partial charge is 0.469 e. The number of hydrogen-bond acceptors (Lipinski definition) is 3. The molecular formula is C21H30O3. The summed E-state index contributed by atoms with van der Waals surface area (Å²) >= 11 is 0. The number of methoxy groups -OCH3 is 1. The van der Waals surface area contributed by atoms with Crippen LogP contribution in [0.1, 0.15) is 67.2 Å². The molecule has 0 spiro atoms. The molecule has 1 aliphatic rings. The van der Waals surface area contributed by atoms with Crippen LogP contribution in [-0.2, 0) is 20.7 Å². The molecule has 1 aliphatic carbocycles. The van der Waals surface area contributed by atoms with Crippen molar-refractivity contribution in [2.75, 3.05) is 7.11 Å². The Labute approximate surface area is 145 Å². The summed E-state index contributed by atoms with van der Waals surface area (Å²) < 4.78 is 4.88. The number of ether oxygens (including phenoxy) is 1. The van der Waals surface area contributed by atoms with Gasteiger partial charge in [-0.05, 0) is 55.7 Å². The van der Waals surface area contributed by atoms with E-state index in [4.69, 9.17) is 4.74 Å². The fourth-order valence-corrected chi connectivity index (χ4v) is 4.26. The monoisotopic (exact) mass is 330 g/mol. The third kappa shape index (κ3) is 4.68. The van der Waals surface area contributed by atoms with Crippen molar-refractivity contribution < 1.29 is 14.3 Å². The topological polar surface area (TPSA) is 43.4 Å². The van der Waals surface area contributed by atoms with E-state index >= 15 is 0 Å². The molecule has 0 heterocycles. The molecule has 0 N–H and O–H groups in total. The van der Waals surface area contributed by atoms with Crippen LogP contribution in [0.4, 0.5) is 0 Å². The molecule has 1 fully saturated rings. The normalized spacial score (nSPS) is 16.7. The van der Waals surface area contributed by atoms with Crippen LogP contribution in [0.3, 0.4) is 0 Å².